The first kappa shape index (κ1) is 17.3. The highest BCUT2D eigenvalue weighted by Gasteiger charge is 2.48. The Balaban J connectivity index is 2.07. The van der Waals surface area contributed by atoms with E-state index in [0.717, 1.165) is 21.1 Å². The number of Topliss-reactive ketones (excluding diaryl/α,β-unsaturated/α-hetero) is 1. The average Bonchev–Trinajstić information content (AvgIpc) is 2.98. The third kappa shape index (κ3) is 2.81. The molecule has 24 heavy (non-hydrogen) atoms. The molecule has 2 heterocycles. The molecular formula is C16H18F3NO3S. The first-order valence-electron chi connectivity index (χ1n) is 7.91. The molecule has 1 amide bonds. The van der Waals surface area contributed by atoms with Gasteiger partial charge < -0.3 is 9.64 Å². The van der Waals surface area contributed by atoms with Crippen LogP contribution < -0.4 is 0 Å². The van der Waals surface area contributed by atoms with Crippen molar-refractivity contribution in [3.63, 3.8) is 0 Å². The fourth-order valence-corrected chi connectivity index (χ4v) is 5.07. The molecule has 1 aliphatic heterocycles. The van der Waals surface area contributed by atoms with Gasteiger partial charge in [-0.25, -0.2) is 4.79 Å². The monoisotopic (exact) mass is 361 g/mol. The van der Waals surface area contributed by atoms with Crippen molar-refractivity contribution in [1.29, 1.82) is 0 Å². The number of hydrogen-bond donors (Lipinski definition) is 0. The summed E-state index contributed by atoms with van der Waals surface area (Å²) in [6.07, 6.45) is -4.34. The van der Waals surface area contributed by atoms with E-state index in [-0.39, 0.29) is 29.7 Å². The van der Waals surface area contributed by atoms with Crippen molar-refractivity contribution >= 4 is 23.2 Å². The second-order valence-corrected chi connectivity index (χ2v) is 7.34. The first-order valence-corrected chi connectivity index (χ1v) is 8.72. The molecule has 0 radical (unpaired) electrons. The van der Waals surface area contributed by atoms with E-state index in [1.165, 1.54) is 0 Å². The van der Waals surface area contributed by atoms with E-state index in [2.05, 4.69) is 0 Å². The van der Waals surface area contributed by atoms with Crippen LogP contribution >= 0.6 is 11.3 Å². The molecule has 1 aromatic rings. The standard InChI is InChI=1S/C16H18F3NO3S/c1-3-23-15(22)20-6-8(2)12-13-10(21)4-5-11(13)24-14(12)9(7-20)16(17,18)19/h8-9H,3-7H2,1-2H3. The van der Waals surface area contributed by atoms with Gasteiger partial charge in [0.15, 0.2) is 5.78 Å². The summed E-state index contributed by atoms with van der Waals surface area (Å²) in [4.78, 5) is 26.2. The van der Waals surface area contributed by atoms with E-state index in [4.69, 9.17) is 4.74 Å². The number of ether oxygens (including phenoxy) is 1. The van der Waals surface area contributed by atoms with Crippen LogP contribution in [-0.2, 0) is 11.2 Å². The number of aryl methyl sites for hydroxylation is 1. The van der Waals surface area contributed by atoms with Gasteiger partial charge in [0.25, 0.3) is 0 Å². The molecule has 0 bridgehead atoms. The number of nitrogens with zero attached hydrogens (tertiary/aromatic N) is 1. The normalized spacial score (nSPS) is 23.7. The van der Waals surface area contributed by atoms with Gasteiger partial charge in [-0.2, -0.15) is 13.2 Å². The SMILES string of the molecule is CCOC(=O)N1CC(C)c2c(sc3c2C(=O)CC3)C(C(F)(F)F)C1. The number of hydrogen-bond acceptors (Lipinski definition) is 4. The van der Waals surface area contributed by atoms with E-state index < -0.39 is 24.7 Å². The highest BCUT2D eigenvalue weighted by atomic mass is 32.1. The summed E-state index contributed by atoms with van der Waals surface area (Å²) < 4.78 is 45.9. The van der Waals surface area contributed by atoms with E-state index in [0.29, 0.717) is 24.0 Å². The Bertz CT molecular complexity index is 683. The van der Waals surface area contributed by atoms with Crippen LogP contribution in [0.2, 0.25) is 0 Å². The lowest BCUT2D eigenvalue weighted by atomic mass is 9.92. The predicted molar refractivity (Wildman–Crippen MR) is 82.8 cm³/mol. The number of amides is 1. The van der Waals surface area contributed by atoms with Crippen molar-refractivity contribution < 1.29 is 27.5 Å². The van der Waals surface area contributed by atoms with Gasteiger partial charge >= 0.3 is 12.3 Å². The van der Waals surface area contributed by atoms with Gasteiger partial charge in [0.2, 0.25) is 0 Å². The average molecular weight is 361 g/mol. The maximum absolute atomic E-state index is 13.7. The lowest BCUT2D eigenvalue weighted by Crippen LogP contribution is -2.39. The highest BCUT2D eigenvalue weighted by Crippen LogP contribution is 2.49. The van der Waals surface area contributed by atoms with E-state index in [1.807, 2.05) is 0 Å². The van der Waals surface area contributed by atoms with Gasteiger partial charge in [-0.3, -0.25) is 4.79 Å². The quantitative estimate of drug-likeness (QED) is 0.757. The van der Waals surface area contributed by atoms with Crippen molar-refractivity contribution in [1.82, 2.24) is 4.90 Å². The van der Waals surface area contributed by atoms with Crippen LogP contribution in [0, 0.1) is 0 Å². The van der Waals surface area contributed by atoms with Crippen molar-refractivity contribution in [3.8, 4) is 0 Å². The maximum atomic E-state index is 13.7. The maximum Gasteiger partial charge on any atom is 0.409 e. The van der Waals surface area contributed by atoms with E-state index >= 15 is 0 Å². The van der Waals surface area contributed by atoms with Crippen LogP contribution in [0.4, 0.5) is 18.0 Å². The summed E-state index contributed by atoms with van der Waals surface area (Å²) in [5, 5.41) is 0. The molecule has 132 valence electrons. The van der Waals surface area contributed by atoms with Gasteiger partial charge in [0.05, 0.1) is 6.61 Å². The molecule has 0 aromatic carbocycles. The van der Waals surface area contributed by atoms with Crippen LogP contribution in [0.15, 0.2) is 0 Å². The molecule has 1 aromatic heterocycles. The van der Waals surface area contributed by atoms with Crippen molar-refractivity contribution in [3.05, 3.63) is 20.9 Å². The molecular weight excluding hydrogens is 343 g/mol. The molecule has 2 atom stereocenters. The van der Waals surface area contributed by atoms with Crippen molar-refractivity contribution in [2.45, 2.75) is 44.7 Å². The number of alkyl halides is 3. The molecule has 8 heteroatoms. The topological polar surface area (TPSA) is 46.6 Å². The Morgan fingerprint density at radius 3 is 2.67 bits per heavy atom. The zero-order valence-electron chi connectivity index (χ0n) is 13.4. The van der Waals surface area contributed by atoms with Gasteiger partial charge in [-0.15, -0.1) is 11.3 Å². The Labute approximate surface area is 141 Å². The zero-order valence-corrected chi connectivity index (χ0v) is 14.2. The summed E-state index contributed by atoms with van der Waals surface area (Å²) in [5.41, 5.74) is 0.967. The summed E-state index contributed by atoms with van der Waals surface area (Å²) in [5.74, 6) is -2.19. The number of thiophene rings is 1. The summed E-state index contributed by atoms with van der Waals surface area (Å²) >= 11 is 1.09. The molecule has 3 rings (SSSR count). The lowest BCUT2D eigenvalue weighted by molar-refractivity contribution is -0.152. The van der Waals surface area contributed by atoms with Gasteiger partial charge in [-0.1, -0.05) is 6.92 Å². The molecule has 0 saturated carbocycles. The predicted octanol–water partition coefficient (Wildman–Crippen LogP) is 4.10. The van der Waals surface area contributed by atoms with Crippen LogP contribution in [0.25, 0.3) is 0 Å². The first-order chi connectivity index (χ1) is 11.2. The summed E-state index contributed by atoms with van der Waals surface area (Å²) in [6.45, 7) is 3.14. The molecule has 0 N–H and O–H groups in total. The lowest BCUT2D eigenvalue weighted by Gasteiger charge is -2.26. The third-order valence-corrected chi connectivity index (χ3v) is 5.91. The fourth-order valence-electron chi connectivity index (χ4n) is 3.51. The van der Waals surface area contributed by atoms with Gasteiger partial charge in [0, 0.05) is 40.7 Å². The Morgan fingerprint density at radius 2 is 2.04 bits per heavy atom. The zero-order chi connectivity index (χ0) is 17.6. The minimum absolute atomic E-state index is 0.0835. The summed E-state index contributed by atoms with van der Waals surface area (Å²) in [6, 6.07) is 0. The molecule has 0 spiro atoms. The van der Waals surface area contributed by atoms with E-state index in [9.17, 15) is 22.8 Å². The molecule has 0 saturated heterocycles. The smallest absolute Gasteiger partial charge is 0.409 e. The Hall–Kier alpha value is -1.57. The van der Waals surface area contributed by atoms with Gasteiger partial charge in [0.1, 0.15) is 5.92 Å². The largest absolute Gasteiger partial charge is 0.450 e. The molecule has 4 nitrogen and oxygen atoms in total. The van der Waals surface area contributed by atoms with E-state index in [1.54, 1.807) is 13.8 Å². The Kier molecular flexibility index (Phi) is 4.36. The minimum Gasteiger partial charge on any atom is -0.450 e. The number of carbonyl (C=O) groups excluding carboxylic acids is 2. The molecule has 0 fully saturated rings. The number of fused-ring (bicyclic) bond motifs is 3. The van der Waals surface area contributed by atoms with Crippen LogP contribution in [0.5, 0.6) is 0 Å². The fraction of sp³-hybridized carbons (Fsp3) is 0.625. The molecule has 1 aliphatic carbocycles. The highest BCUT2D eigenvalue weighted by molar-refractivity contribution is 7.12. The number of halogens is 3. The van der Waals surface area contributed by atoms with Crippen LogP contribution in [0.1, 0.15) is 57.8 Å². The van der Waals surface area contributed by atoms with Crippen LogP contribution in [0.3, 0.4) is 0 Å². The number of ketones is 1. The van der Waals surface area contributed by atoms with Crippen LogP contribution in [-0.4, -0.2) is 42.6 Å². The Morgan fingerprint density at radius 1 is 1.33 bits per heavy atom. The number of carbonyl (C=O) groups is 2. The molecule has 2 aliphatic rings. The summed E-state index contributed by atoms with van der Waals surface area (Å²) in [7, 11) is 0. The number of rotatable bonds is 1. The van der Waals surface area contributed by atoms with Gasteiger partial charge in [-0.05, 0) is 18.9 Å². The van der Waals surface area contributed by atoms with Crippen molar-refractivity contribution in [2.24, 2.45) is 0 Å². The second kappa shape index (κ2) is 6.06. The second-order valence-electron chi connectivity index (χ2n) is 6.20. The molecule has 2 unspecified atom stereocenters. The minimum atomic E-state index is -4.48. The van der Waals surface area contributed by atoms with Crippen molar-refractivity contribution in [2.75, 3.05) is 19.7 Å². The third-order valence-electron chi connectivity index (χ3n) is 4.53.